The van der Waals surface area contributed by atoms with Gasteiger partial charge in [-0.2, -0.15) is 0 Å². The van der Waals surface area contributed by atoms with Crippen molar-refractivity contribution in [3.63, 3.8) is 0 Å². The lowest BCUT2D eigenvalue weighted by atomic mass is 10.3. The second kappa shape index (κ2) is 3.71. The largest absolute Gasteiger partial charge is 0.480 e. The van der Waals surface area contributed by atoms with Crippen LogP contribution in [-0.4, -0.2) is 23.7 Å². The van der Waals surface area contributed by atoms with Gasteiger partial charge in [-0.1, -0.05) is 5.11 Å². The Morgan fingerprint density at radius 2 is 2.56 bits per heavy atom. The molecule has 0 bridgehead atoms. The van der Waals surface area contributed by atoms with Crippen molar-refractivity contribution in [2.45, 2.75) is 6.04 Å². The summed E-state index contributed by atoms with van der Waals surface area (Å²) in [7, 11) is 0. The highest BCUT2D eigenvalue weighted by molar-refractivity contribution is 5.73. The van der Waals surface area contributed by atoms with Gasteiger partial charge >= 0.3 is 5.97 Å². The molecule has 0 unspecified atom stereocenters. The zero-order chi connectivity index (χ0) is 7.28. The summed E-state index contributed by atoms with van der Waals surface area (Å²) in [5.74, 6) is -1.16. The number of rotatable bonds is 3. The van der Waals surface area contributed by atoms with E-state index in [1.807, 2.05) is 0 Å². The van der Waals surface area contributed by atoms with E-state index < -0.39 is 12.0 Å². The molecule has 0 aliphatic carbocycles. The first-order valence-corrected chi connectivity index (χ1v) is 2.17. The minimum absolute atomic E-state index is 0.203. The highest BCUT2D eigenvalue weighted by Crippen LogP contribution is 1.79. The normalized spacial score (nSPS) is 11.7. The second-order valence-electron chi connectivity index (χ2n) is 1.36. The molecular formula is C3H6N4O2. The van der Waals surface area contributed by atoms with Crippen molar-refractivity contribution in [1.29, 1.82) is 0 Å². The third kappa shape index (κ3) is 3.33. The third-order valence-electron chi connectivity index (χ3n) is 0.659. The van der Waals surface area contributed by atoms with Crippen molar-refractivity contribution in [1.82, 2.24) is 0 Å². The first kappa shape index (κ1) is 7.74. The van der Waals surface area contributed by atoms with Gasteiger partial charge in [0.1, 0.15) is 6.04 Å². The highest BCUT2D eigenvalue weighted by atomic mass is 16.4. The molecule has 6 heteroatoms. The van der Waals surface area contributed by atoms with E-state index in [0.717, 1.165) is 0 Å². The molecule has 0 fully saturated rings. The Morgan fingerprint density at radius 1 is 2.00 bits per heavy atom. The Morgan fingerprint density at radius 3 is 2.89 bits per heavy atom. The number of aliphatic carboxylic acids is 1. The maximum Gasteiger partial charge on any atom is 0.320 e. The van der Waals surface area contributed by atoms with Crippen LogP contribution in [0.2, 0.25) is 0 Å². The molecular weight excluding hydrogens is 124 g/mol. The van der Waals surface area contributed by atoms with Crippen molar-refractivity contribution in [3.8, 4) is 0 Å². The van der Waals surface area contributed by atoms with Crippen molar-refractivity contribution < 1.29 is 9.90 Å². The molecule has 3 N–H and O–H groups in total. The summed E-state index contributed by atoms with van der Waals surface area (Å²) in [6, 6.07) is -1.08. The number of nitrogens with two attached hydrogens (primary N) is 1. The Labute approximate surface area is 50.9 Å². The van der Waals surface area contributed by atoms with Gasteiger partial charge in [-0.3, -0.25) is 4.79 Å². The minimum atomic E-state index is -1.16. The van der Waals surface area contributed by atoms with Crippen LogP contribution in [0, 0.1) is 0 Å². The van der Waals surface area contributed by atoms with Gasteiger partial charge in [0.2, 0.25) is 0 Å². The summed E-state index contributed by atoms with van der Waals surface area (Å²) < 4.78 is 0. The fourth-order valence-corrected chi connectivity index (χ4v) is 0.203. The summed E-state index contributed by atoms with van der Waals surface area (Å²) in [5.41, 5.74) is 12.6. The average molecular weight is 130 g/mol. The summed E-state index contributed by atoms with van der Waals surface area (Å²) >= 11 is 0. The molecule has 0 spiro atoms. The summed E-state index contributed by atoms with van der Waals surface area (Å²) in [4.78, 5) is 12.2. The maximum atomic E-state index is 9.90. The SMILES string of the molecule is [N-]=[N+]=NC[C@H](N)C(=O)O. The first-order valence-electron chi connectivity index (χ1n) is 2.17. The van der Waals surface area contributed by atoms with Gasteiger partial charge in [0, 0.05) is 4.91 Å². The Hall–Kier alpha value is -1.26. The molecule has 0 radical (unpaired) electrons. The van der Waals surface area contributed by atoms with E-state index in [1.165, 1.54) is 0 Å². The van der Waals surface area contributed by atoms with Crippen LogP contribution in [0.3, 0.4) is 0 Å². The number of azide groups is 1. The molecule has 0 saturated heterocycles. The van der Waals surface area contributed by atoms with E-state index in [0.29, 0.717) is 0 Å². The maximum absolute atomic E-state index is 9.90. The Kier molecular flexibility index (Phi) is 3.19. The second-order valence-corrected chi connectivity index (χ2v) is 1.36. The van der Waals surface area contributed by atoms with Crippen molar-refractivity contribution in [2.24, 2.45) is 10.8 Å². The van der Waals surface area contributed by atoms with Gasteiger partial charge in [0.25, 0.3) is 0 Å². The van der Waals surface area contributed by atoms with E-state index in [-0.39, 0.29) is 6.54 Å². The topological polar surface area (TPSA) is 112 Å². The van der Waals surface area contributed by atoms with E-state index in [1.54, 1.807) is 0 Å². The summed E-state index contributed by atoms with van der Waals surface area (Å²) in [6.45, 7) is -0.203. The van der Waals surface area contributed by atoms with Crippen LogP contribution < -0.4 is 5.73 Å². The zero-order valence-corrected chi connectivity index (χ0v) is 4.56. The van der Waals surface area contributed by atoms with Gasteiger partial charge in [-0.15, -0.1) is 0 Å². The van der Waals surface area contributed by atoms with E-state index >= 15 is 0 Å². The van der Waals surface area contributed by atoms with Gasteiger partial charge in [-0.25, -0.2) is 0 Å². The number of hydrogen-bond acceptors (Lipinski definition) is 3. The van der Waals surface area contributed by atoms with Crippen LogP contribution in [0.1, 0.15) is 0 Å². The van der Waals surface area contributed by atoms with E-state index in [9.17, 15) is 4.79 Å². The number of nitrogens with zero attached hydrogens (tertiary/aromatic N) is 3. The molecule has 0 saturated carbocycles. The van der Waals surface area contributed by atoms with Gasteiger partial charge in [0.05, 0.1) is 6.54 Å². The smallest absolute Gasteiger partial charge is 0.320 e. The van der Waals surface area contributed by atoms with Gasteiger partial charge in [0.15, 0.2) is 0 Å². The highest BCUT2D eigenvalue weighted by Gasteiger charge is 2.07. The molecule has 0 heterocycles. The Balaban J connectivity index is 3.63. The molecule has 1 atom stereocenters. The predicted molar refractivity (Wildman–Crippen MR) is 29.6 cm³/mol. The van der Waals surface area contributed by atoms with Crippen LogP contribution in [0.15, 0.2) is 5.11 Å². The van der Waals surface area contributed by atoms with Crippen LogP contribution in [0.4, 0.5) is 0 Å². The number of carbonyl (C=O) groups is 1. The number of hydrogen-bond donors (Lipinski definition) is 2. The van der Waals surface area contributed by atoms with Crippen molar-refractivity contribution in [3.05, 3.63) is 10.4 Å². The lowest BCUT2D eigenvalue weighted by Gasteiger charge is -1.97. The van der Waals surface area contributed by atoms with Crippen LogP contribution >= 0.6 is 0 Å². The quantitative estimate of drug-likeness (QED) is 0.311. The monoisotopic (exact) mass is 130 g/mol. The van der Waals surface area contributed by atoms with Crippen LogP contribution in [0.25, 0.3) is 10.4 Å². The van der Waals surface area contributed by atoms with Crippen LogP contribution in [0.5, 0.6) is 0 Å². The fraction of sp³-hybridized carbons (Fsp3) is 0.667. The van der Waals surface area contributed by atoms with E-state index in [4.69, 9.17) is 16.4 Å². The molecule has 0 aliphatic heterocycles. The molecule has 9 heavy (non-hydrogen) atoms. The molecule has 0 rings (SSSR count). The summed E-state index contributed by atoms with van der Waals surface area (Å²) in [6.07, 6.45) is 0. The minimum Gasteiger partial charge on any atom is -0.480 e. The lowest BCUT2D eigenvalue weighted by Crippen LogP contribution is -2.32. The van der Waals surface area contributed by atoms with Crippen molar-refractivity contribution >= 4 is 5.97 Å². The summed E-state index contributed by atoms with van der Waals surface area (Å²) in [5, 5.41) is 11.1. The number of carboxylic acids is 1. The first-order chi connectivity index (χ1) is 4.18. The standard InChI is InChI=1S/C3H6N4O2/c4-2(3(8)9)1-6-7-5/h2H,1,4H2,(H,8,9)/t2-/m0/s1. The Bertz CT molecular complexity index is 150. The molecule has 0 aliphatic rings. The van der Waals surface area contributed by atoms with E-state index in [2.05, 4.69) is 10.0 Å². The number of carboxylic acid groups (broad SMARTS) is 1. The fourth-order valence-electron chi connectivity index (χ4n) is 0.203. The molecule has 0 amide bonds. The lowest BCUT2D eigenvalue weighted by molar-refractivity contribution is -0.138. The van der Waals surface area contributed by atoms with Gasteiger partial charge in [-0.05, 0) is 5.53 Å². The molecule has 0 aromatic carbocycles. The molecule has 50 valence electrons. The molecule has 6 nitrogen and oxygen atoms in total. The van der Waals surface area contributed by atoms with Crippen molar-refractivity contribution in [2.75, 3.05) is 6.54 Å². The molecule has 0 aromatic rings. The van der Waals surface area contributed by atoms with Crippen LogP contribution in [-0.2, 0) is 4.79 Å². The molecule has 0 aromatic heterocycles. The zero-order valence-electron chi connectivity index (χ0n) is 4.56. The third-order valence-corrected chi connectivity index (χ3v) is 0.659. The predicted octanol–water partition coefficient (Wildman–Crippen LogP) is -0.291. The average Bonchev–Trinajstić information content (AvgIpc) is 1.82. The van der Waals surface area contributed by atoms with Gasteiger partial charge < -0.3 is 10.8 Å².